The highest BCUT2D eigenvalue weighted by Gasteiger charge is 2.43. The third-order valence-electron chi connectivity index (χ3n) is 6.06. The molecule has 2 aliphatic rings. The van der Waals surface area contributed by atoms with Crippen molar-refractivity contribution in [1.29, 1.82) is 0 Å². The van der Waals surface area contributed by atoms with Gasteiger partial charge in [0.1, 0.15) is 0 Å². The molecule has 0 aliphatic heterocycles. The summed E-state index contributed by atoms with van der Waals surface area (Å²) in [6.07, 6.45) is 5.16. The number of halogens is 3. The molecular weight excluding hydrogens is 504 g/mol. The van der Waals surface area contributed by atoms with Gasteiger partial charge in [0.15, 0.2) is 0 Å². The maximum absolute atomic E-state index is 3.83. The number of alkyl halides is 2. The highest BCUT2D eigenvalue weighted by atomic mass is 79.9. The van der Waals surface area contributed by atoms with Crippen LogP contribution in [0.4, 0.5) is 0 Å². The predicted octanol–water partition coefficient (Wildman–Crippen LogP) is 8.23. The van der Waals surface area contributed by atoms with E-state index < -0.39 is 0 Å². The Hall–Kier alpha value is -0.640. The molecular formula is C22H17Br3. The van der Waals surface area contributed by atoms with Crippen molar-refractivity contribution in [2.75, 3.05) is 0 Å². The number of rotatable bonds is 1. The average molecular weight is 521 g/mol. The lowest BCUT2D eigenvalue weighted by Crippen LogP contribution is -2.28. The zero-order valence-corrected chi connectivity index (χ0v) is 18.4. The Bertz CT molecular complexity index is 998. The first-order chi connectivity index (χ1) is 12.1. The van der Waals surface area contributed by atoms with E-state index in [1.807, 2.05) is 0 Å². The molecule has 0 N–H and O–H groups in total. The minimum absolute atomic E-state index is 0.134. The fourth-order valence-electron chi connectivity index (χ4n) is 5.09. The minimum atomic E-state index is 0.134. The zero-order chi connectivity index (χ0) is 17.2. The van der Waals surface area contributed by atoms with Crippen molar-refractivity contribution in [2.45, 2.75) is 34.8 Å². The average Bonchev–Trinajstić information content (AvgIpc) is 3.11. The predicted molar refractivity (Wildman–Crippen MR) is 117 cm³/mol. The zero-order valence-electron chi connectivity index (χ0n) is 13.7. The van der Waals surface area contributed by atoms with Crippen molar-refractivity contribution in [3.63, 3.8) is 0 Å². The third kappa shape index (κ3) is 2.22. The first kappa shape index (κ1) is 16.5. The minimum Gasteiger partial charge on any atom is -0.0712 e. The molecule has 3 aromatic rings. The molecule has 126 valence electrons. The molecule has 0 nitrogen and oxygen atoms in total. The van der Waals surface area contributed by atoms with Crippen LogP contribution in [0.2, 0.25) is 0 Å². The van der Waals surface area contributed by atoms with Gasteiger partial charge in [0.05, 0.1) is 3.74 Å². The van der Waals surface area contributed by atoms with Crippen molar-refractivity contribution in [1.82, 2.24) is 0 Å². The molecule has 3 heteroatoms. The van der Waals surface area contributed by atoms with E-state index in [0.717, 1.165) is 0 Å². The van der Waals surface area contributed by atoms with Gasteiger partial charge < -0.3 is 0 Å². The standard InChI is InChI=1S/C22H17Br3/c23-18-12-15(21(24)25)19-13-6-1-2-8-16(13)22(10-3-4-11-22)17-9-5-7-14(18)20(17)19/h1-2,5-9,12,21H,3-4,10-11H2. The fourth-order valence-corrected chi connectivity index (χ4v) is 6.39. The Kier molecular flexibility index (Phi) is 3.92. The summed E-state index contributed by atoms with van der Waals surface area (Å²) in [4.78, 5) is 0. The van der Waals surface area contributed by atoms with Crippen LogP contribution in [0.3, 0.4) is 0 Å². The van der Waals surface area contributed by atoms with Crippen LogP contribution in [-0.2, 0) is 5.41 Å². The summed E-state index contributed by atoms with van der Waals surface area (Å²) >= 11 is 11.4. The molecule has 3 aromatic carbocycles. The number of hydrogen-bond donors (Lipinski definition) is 0. The highest BCUT2D eigenvalue weighted by Crippen LogP contribution is 2.58. The molecule has 0 radical (unpaired) electrons. The molecule has 5 rings (SSSR count). The summed E-state index contributed by atoms with van der Waals surface area (Å²) < 4.78 is 1.31. The summed E-state index contributed by atoms with van der Waals surface area (Å²) in [6, 6.07) is 18.2. The summed E-state index contributed by atoms with van der Waals surface area (Å²) in [7, 11) is 0. The monoisotopic (exact) mass is 518 g/mol. The van der Waals surface area contributed by atoms with Gasteiger partial charge in [-0.25, -0.2) is 0 Å². The van der Waals surface area contributed by atoms with Gasteiger partial charge in [-0.1, -0.05) is 103 Å². The number of fused-ring (bicyclic) bond motifs is 4. The molecule has 0 heterocycles. The van der Waals surface area contributed by atoms with Gasteiger partial charge in [0.2, 0.25) is 0 Å². The second-order valence-corrected chi connectivity index (χ2v) is 11.1. The summed E-state index contributed by atoms with van der Waals surface area (Å²) in [5.74, 6) is 0. The highest BCUT2D eigenvalue weighted by molar-refractivity contribution is 9.24. The van der Waals surface area contributed by atoms with E-state index in [1.54, 1.807) is 0 Å². The maximum Gasteiger partial charge on any atom is 0.0953 e. The van der Waals surface area contributed by atoms with Gasteiger partial charge in [-0.3, -0.25) is 0 Å². The normalized spacial score (nSPS) is 17.4. The molecule has 2 aliphatic carbocycles. The van der Waals surface area contributed by atoms with Crippen molar-refractivity contribution in [2.24, 2.45) is 0 Å². The molecule has 0 aromatic heterocycles. The summed E-state index contributed by atoms with van der Waals surface area (Å²) in [5.41, 5.74) is 7.35. The van der Waals surface area contributed by atoms with E-state index in [4.69, 9.17) is 0 Å². The molecule has 1 fully saturated rings. The van der Waals surface area contributed by atoms with Gasteiger partial charge in [-0.15, -0.1) is 0 Å². The van der Waals surface area contributed by atoms with Crippen LogP contribution < -0.4 is 0 Å². The van der Waals surface area contributed by atoms with Gasteiger partial charge in [-0.2, -0.15) is 0 Å². The van der Waals surface area contributed by atoms with E-state index in [9.17, 15) is 0 Å². The lowest BCUT2D eigenvalue weighted by molar-refractivity contribution is 0.538. The van der Waals surface area contributed by atoms with E-state index in [0.29, 0.717) is 0 Å². The summed E-state index contributed by atoms with van der Waals surface area (Å²) in [6.45, 7) is 0. The molecule has 0 unspecified atom stereocenters. The van der Waals surface area contributed by atoms with Crippen molar-refractivity contribution in [3.8, 4) is 11.1 Å². The Morgan fingerprint density at radius 2 is 1.60 bits per heavy atom. The molecule has 0 saturated heterocycles. The van der Waals surface area contributed by atoms with Crippen molar-refractivity contribution < 1.29 is 0 Å². The van der Waals surface area contributed by atoms with Gasteiger partial charge in [0.25, 0.3) is 0 Å². The second-order valence-electron chi connectivity index (χ2n) is 7.19. The van der Waals surface area contributed by atoms with E-state index in [2.05, 4.69) is 96.3 Å². The molecule has 1 spiro atoms. The Balaban J connectivity index is 2.03. The molecule has 0 amide bonds. The van der Waals surface area contributed by atoms with Crippen molar-refractivity contribution >= 4 is 58.6 Å². The Morgan fingerprint density at radius 1 is 0.880 bits per heavy atom. The van der Waals surface area contributed by atoms with Crippen LogP contribution in [0.5, 0.6) is 0 Å². The first-order valence-electron chi connectivity index (χ1n) is 8.77. The topological polar surface area (TPSA) is 0 Å². The lowest BCUT2D eigenvalue weighted by atomic mass is 9.65. The van der Waals surface area contributed by atoms with E-state index >= 15 is 0 Å². The van der Waals surface area contributed by atoms with Gasteiger partial charge in [-0.05, 0) is 57.5 Å². The Morgan fingerprint density at radius 3 is 2.36 bits per heavy atom. The maximum atomic E-state index is 3.83. The van der Waals surface area contributed by atoms with E-state index in [1.165, 1.54) is 68.7 Å². The summed E-state index contributed by atoms with van der Waals surface area (Å²) in [5, 5.41) is 2.77. The lowest BCUT2D eigenvalue weighted by Gasteiger charge is -2.39. The number of hydrogen-bond acceptors (Lipinski definition) is 0. The largest absolute Gasteiger partial charge is 0.0953 e. The van der Waals surface area contributed by atoms with Gasteiger partial charge >= 0.3 is 0 Å². The van der Waals surface area contributed by atoms with Gasteiger partial charge in [0, 0.05) is 9.89 Å². The quantitative estimate of drug-likeness (QED) is 0.283. The molecule has 0 atom stereocenters. The van der Waals surface area contributed by atoms with Crippen LogP contribution in [0, 0.1) is 0 Å². The molecule has 0 bridgehead atoms. The molecule has 25 heavy (non-hydrogen) atoms. The van der Waals surface area contributed by atoms with Crippen LogP contribution in [0.25, 0.3) is 21.9 Å². The second kappa shape index (κ2) is 5.94. The SMILES string of the molecule is Brc1cc(C(Br)Br)c2c3c(cccc13)C1(CCCC1)c1ccccc1-2. The number of benzene rings is 3. The van der Waals surface area contributed by atoms with Crippen LogP contribution in [0.1, 0.15) is 46.1 Å². The fraction of sp³-hybridized carbons (Fsp3) is 0.273. The van der Waals surface area contributed by atoms with E-state index in [-0.39, 0.29) is 9.15 Å². The van der Waals surface area contributed by atoms with Crippen LogP contribution >= 0.6 is 47.8 Å². The molecule has 1 saturated carbocycles. The first-order valence-corrected chi connectivity index (χ1v) is 11.4. The van der Waals surface area contributed by atoms with Crippen LogP contribution in [-0.4, -0.2) is 0 Å². The van der Waals surface area contributed by atoms with Crippen LogP contribution in [0.15, 0.2) is 53.0 Å². The Labute approximate surface area is 173 Å². The smallest absolute Gasteiger partial charge is 0.0712 e. The third-order valence-corrected chi connectivity index (χ3v) is 7.70. The van der Waals surface area contributed by atoms with Crippen molar-refractivity contribution in [3.05, 3.63) is 69.7 Å².